The molecule has 29 heavy (non-hydrogen) atoms. The Morgan fingerprint density at radius 1 is 1.07 bits per heavy atom. The van der Waals surface area contributed by atoms with Crippen LogP contribution in [0.15, 0.2) is 47.0 Å². The van der Waals surface area contributed by atoms with E-state index in [0.717, 1.165) is 12.1 Å². The van der Waals surface area contributed by atoms with Gasteiger partial charge in [-0.1, -0.05) is 17.3 Å². The average molecular weight is 415 g/mol. The van der Waals surface area contributed by atoms with E-state index in [2.05, 4.69) is 20.2 Å². The second-order valence-corrected chi connectivity index (χ2v) is 5.68. The van der Waals surface area contributed by atoms with Gasteiger partial charge in [0, 0.05) is 17.3 Å². The fourth-order valence-corrected chi connectivity index (χ4v) is 2.40. The zero-order valence-electron chi connectivity index (χ0n) is 14.8. The van der Waals surface area contributed by atoms with Gasteiger partial charge in [0.2, 0.25) is 11.7 Å². The molecular formula is C18H14F5N3O3. The second-order valence-electron chi connectivity index (χ2n) is 5.68. The Hall–Kier alpha value is -3.37. The zero-order chi connectivity index (χ0) is 21.0. The maximum absolute atomic E-state index is 12.6. The summed E-state index contributed by atoms with van der Waals surface area (Å²) < 4.78 is 77.2. The number of hydrogen-bond donors (Lipinski definition) is 1. The van der Waals surface area contributed by atoms with Gasteiger partial charge >= 0.3 is 12.8 Å². The molecule has 0 unspecified atom stereocenters. The molecule has 11 heteroatoms. The number of alkyl halides is 5. The highest BCUT2D eigenvalue weighted by molar-refractivity contribution is 5.56. The molecule has 2 aromatic carbocycles. The van der Waals surface area contributed by atoms with Crippen LogP contribution in [0.1, 0.15) is 11.5 Å². The van der Waals surface area contributed by atoms with E-state index in [9.17, 15) is 22.0 Å². The Balaban J connectivity index is 1.68. The topological polar surface area (TPSA) is 69.4 Å². The third-order valence-electron chi connectivity index (χ3n) is 3.76. The second kappa shape index (κ2) is 8.33. The van der Waals surface area contributed by atoms with Crippen LogP contribution in [-0.4, -0.2) is 23.9 Å². The van der Waals surface area contributed by atoms with Crippen molar-refractivity contribution in [1.29, 1.82) is 0 Å². The van der Waals surface area contributed by atoms with Gasteiger partial charge in [-0.25, -0.2) is 0 Å². The van der Waals surface area contributed by atoms with Crippen molar-refractivity contribution in [2.75, 3.05) is 12.4 Å². The first-order chi connectivity index (χ1) is 13.8. The van der Waals surface area contributed by atoms with Gasteiger partial charge in [-0.2, -0.15) is 26.9 Å². The Morgan fingerprint density at radius 2 is 1.79 bits per heavy atom. The monoisotopic (exact) mass is 415 g/mol. The first-order valence-corrected chi connectivity index (χ1v) is 8.13. The predicted molar refractivity (Wildman–Crippen MR) is 91.7 cm³/mol. The highest BCUT2D eigenvalue weighted by atomic mass is 19.4. The minimum Gasteiger partial charge on any atom is -0.493 e. The van der Waals surface area contributed by atoms with Crippen LogP contribution < -0.4 is 14.8 Å². The number of hydrogen-bond acceptors (Lipinski definition) is 6. The fourth-order valence-electron chi connectivity index (χ4n) is 2.40. The van der Waals surface area contributed by atoms with Crippen molar-refractivity contribution in [3.8, 4) is 22.9 Å². The molecule has 0 aliphatic heterocycles. The maximum Gasteiger partial charge on any atom is 0.416 e. The van der Waals surface area contributed by atoms with Crippen LogP contribution in [0.5, 0.6) is 11.5 Å². The van der Waals surface area contributed by atoms with Crippen molar-refractivity contribution in [2.24, 2.45) is 0 Å². The summed E-state index contributed by atoms with van der Waals surface area (Å²) in [4.78, 5) is 4.09. The van der Waals surface area contributed by atoms with Crippen LogP contribution in [-0.2, 0) is 12.7 Å². The summed E-state index contributed by atoms with van der Waals surface area (Å²) in [6, 6.07) is 8.66. The lowest BCUT2D eigenvalue weighted by Crippen LogP contribution is -2.05. The standard InChI is InChI=1S/C18H14F5N3O3/c1-27-13-7-6-12(8-14(13)28-17(19)20)24-9-15-25-16(26-29-15)10-2-4-11(5-3-10)18(21,22)23/h2-8,17,24H,9H2,1H3. The van der Waals surface area contributed by atoms with Gasteiger partial charge in [-0.3, -0.25) is 0 Å². The molecule has 6 nitrogen and oxygen atoms in total. The Bertz CT molecular complexity index is 958. The lowest BCUT2D eigenvalue weighted by atomic mass is 10.1. The van der Waals surface area contributed by atoms with Crippen LogP contribution in [0, 0.1) is 0 Å². The molecule has 3 aromatic rings. The van der Waals surface area contributed by atoms with Gasteiger partial charge < -0.3 is 19.3 Å². The summed E-state index contributed by atoms with van der Waals surface area (Å²) in [5, 5.41) is 6.62. The Labute approximate surface area is 161 Å². The molecule has 1 aromatic heterocycles. The fraction of sp³-hybridized carbons (Fsp3) is 0.222. The summed E-state index contributed by atoms with van der Waals surface area (Å²) >= 11 is 0. The van der Waals surface area contributed by atoms with E-state index in [1.54, 1.807) is 6.07 Å². The largest absolute Gasteiger partial charge is 0.493 e. The number of nitrogens with zero attached hydrogens (tertiary/aromatic N) is 2. The van der Waals surface area contributed by atoms with E-state index >= 15 is 0 Å². The van der Waals surface area contributed by atoms with E-state index in [4.69, 9.17) is 9.26 Å². The number of halogens is 5. The number of methoxy groups -OCH3 is 1. The average Bonchev–Trinajstić information content (AvgIpc) is 3.14. The molecule has 1 N–H and O–H groups in total. The quantitative estimate of drug-likeness (QED) is 0.549. The molecule has 0 radical (unpaired) electrons. The van der Waals surface area contributed by atoms with Crippen LogP contribution in [0.25, 0.3) is 11.4 Å². The van der Waals surface area contributed by atoms with E-state index < -0.39 is 18.4 Å². The van der Waals surface area contributed by atoms with Gasteiger partial charge in [-0.15, -0.1) is 0 Å². The zero-order valence-corrected chi connectivity index (χ0v) is 14.8. The number of ether oxygens (including phenoxy) is 2. The molecule has 0 spiro atoms. The summed E-state index contributed by atoms with van der Waals surface area (Å²) in [5.74, 6) is 0.251. The number of rotatable bonds is 7. The Kier molecular flexibility index (Phi) is 5.85. The van der Waals surface area contributed by atoms with E-state index in [0.29, 0.717) is 11.3 Å². The van der Waals surface area contributed by atoms with E-state index in [1.807, 2.05) is 0 Å². The van der Waals surface area contributed by atoms with Gasteiger partial charge in [0.15, 0.2) is 11.5 Å². The molecular weight excluding hydrogens is 401 g/mol. The number of anilines is 1. The van der Waals surface area contributed by atoms with Crippen molar-refractivity contribution in [3.63, 3.8) is 0 Å². The summed E-state index contributed by atoms with van der Waals surface area (Å²) in [6.07, 6.45) is -4.43. The molecule has 1 heterocycles. The van der Waals surface area contributed by atoms with Crippen LogP contribution in [0.2, 0.25) is 0 Å². The molecule has 0 aliphatic carbocycles. The number of benzene rings is 2. The predicted octanol–water partition coefficient (Wildman–Crippen LogP) is 4.98. The third-order valence-corrected chi connectivity index (χ3v) is 3.76. The van der Waals surface area contributed by atoms with Crippen molar-refractivity contribution in [2.45, 2.75) is 19.3 Å². The number of aromatic nitrogens is 2. The molecule has 0 aliphatic rings. The molecule has 0 amide bonds. The van der Waals surface area contributed by atoms with Crippen molar-refractivity contribution >= 4 is 5.69 Å². The third kappa shape index (κ3) is 5.12. The van der Waals surface area contributed by atoms with Crippen molar-refractivity contribution < 1.29 is 35.9 Å². The molecule has 0 saturated heterocycles. The molecule has 0 fully saturated rings. The van der Waals surface area contributed by atoms with Crippen LogP contribution >= 0.6 is 0 Å². The highest BCUT2D eigenvalue weighted by Crippen LogP contribution is 2.32. The number of nitrogens with one attached hydrogen (secondary N) is 1. The van der Waals surface area contributed by atoms with Crippen molar-refractivity contribution in [3.05, 3.63) is 53.9 Å². The molecule has 154 valence electrons. The van der Waals surface area contributed by atoms with Crippen LogP contribution in [0.3, 0.4) is 0 Å². The van der Waals surface area contributed by atoms with E-state index in [-0.39, 0.29) is 29.8 Å². The lowest BCUT2D eigenvalue weighted by Gasteiger charge is -2.12. The molecule has 0 saturated carbocycles. The normalized spacial score (nSPS) is 11.6. The SMILES string of the molecule is COc1ccc(NCc2nc(-c3ccc(C(F)(F)F)cc3)no2)cc1OC(F)F. The van der Waals surface area contributed by atoms with Gasteiger partial charge in [0.1, 0.15) is 0 Å². The minimum atomic E-state index is -4.43. The smallest absolute Gasteiger partial charge is 0.416 e. The van der Waals surface area contributed by atoms with Gasteiger partial charge in [-0.05, 0) is 24.3 Å². The molecule has 0 bridgehead atoms. The first kappa shape index (κ1) is 20.4. The van der Waals surface area contributed by atoms with Crippen LogP contribution in [0.4, 0.5) is 27.6 Å². The van der Waals surface area contributed by atoms with E-state index in [1.165, 1.54) is 31.4 Å². The molecule has 3 rings (SSSR count). The maximum atomic E-state index is 12.6. The highest BCUT2D eigenvalue weighted by Gasteiger charge is 2.30. The van der Waals surface area contributed by atoms with Crippen molar-refractivity contribution in [1.82, 2.24) is 10.1 Å². The Morgan fingerprint density at radius 3 is 2.41 bits per heavy atom. The summed E-state index contributed by atoms with van der Waals surface area (Å²) in [7, 11) is 1.32. The van der Waals surface area contributed by atoms with Gasteiger partial charge in [0.25, 0.3) is 0 Å². The molecule has 0 atom stereocenters. The lowest BCUT2D eigenvalue weighted by molar-refractivity contribution is -0.137. The summed E-state index contributed by atoms with van der Waals surface area (Å²) in [5.41, 5.74) is -0.00578. The van der Waals surface area contributed by atoms with Gasteiger partial charge in [0.05, 0.1) is 19.2 Å². The first-order valence-electron chi connectivity index (χ1n) is 8.13. The summed E-state index contributed by atoms with van der Waals surface area (Å²) in [6.45, 7) is -2.96. The minimum absolute atomic E-state index is 0.0497.